The fraction of sp³-hybridized carbons (Fsp3) is 0.160. The number of nitrogens with one attached hydrogen (secondary N) is 2. The van der Waals surface area contributed by atoms with Crippen LogP contribution in [0.5, 0.6) is 0 Å². The summed E-state index contributed by atoms with van der Waals surface area (Å²) >= 11 is 0. The number of carbonyl (C=O) groups is 1. The molecule has 6 nitrogen and oxygen atoms in total. The van der Waals surface area contributed by atoms with Crippen molar-refractivity contribution in [1.29, 1.82) is 0 Å². The number of hydrogen-bond acceptors (Lipinski definition) is 4. The zero-order chi connectivity index (χ0) is 22.3. The maximum atomic E-state index is 13.2. The summed E-state index contributed by atoms with van der Waals surface area (Å²) in [5, 5.41) is 19.8. The summed E-state index contributed by atoms with van der Waals surface area (Å²) < 4.78 is 13.2. The second-order valence-corrected chi connectivity index (χ2v) is 7.43. The molecule has 32 heavy (non-hydrogen) atoms. The number of amides is 1. The Hall–Kier alpha value is -3.84. The topological polar surface area (TPSA) is 90.9 Å². The molecule has 1 atom stereocenters. The molecule has 0 spiro atoms. The molecule has 0 radical (unpaired) electrons. The van der Waals surface area contributed by atoms with Gasteiger partial charge in [0.25, 0.3) is 5.91 Å². The van der Waals surface area contributed by atoms with Crippen molar-refractivity contribution in [3.05, 3.63) is 96.1 Å². The number of rotatable bonds is 8. The molecule has 162 valence electrons. The van der Waals surface area contributed by atoms with Crippen molar-refractivity contribution in [3.63, 3.8) is 0 Å². The van der Waals surface area contributed by atoms with Crippen LogP contribution < -0.4 is 5.32 Å². The van der Waals surface area contributed by atoms with E-state index < -0.39 is 0 Å². The van der Waals surface area contributed by atoms with Crippen LogP contribution in [-0.4, -0.2) is 38.8 Å². The van der Waals surface area contributed by atoms with Gasteiger partial charge in [0, 0.05) is 47.7 Å². The summed E-state index contributed by atoms with van der Waals surface area (Å²) in [6.07, 6.45) is 2.65. The number of aliphatic hydroxyl groups excluding tert-OH is 1. The number of aromatic nitrogens is 3. The predicted molar refractivity (Wildman–Crippen MR) is 120 cm³/mol. The van der Waals surface area contributed by atoms with Gasteiger partial charge < -0.3 is 10.4 Å². The number of nitrogens with zero attached hydrogens (tertiary/aromatic N) is 2. The highest BCUT2D eigenvalue weighted by atomic mass is 19.1. The minimum atomic E-state index is -0.310. The van der Waals surface area contributed by atoms with Crippen LogP contribution in [0.1, 0.15) is 22.5 Å². The van der Waals surface area contributed by atoms with Crippen LogP contribution in [0.25, 0.3) is 22.5 Å². The Morgan fingerprint density at radius 3 is 2.59 bits per heavy atom. The Labute approximate surface area is 185 Å². The van der Waals surface area contributed by atoms with Crippen molar-refractivity contribution in [2.75, 3.05) is 6.61 Å². The van der Waals surface area contributed by atoms with Crippen LogP contribution in [0.2, 0.25) is 0 Å². The van der Waals surface area contributed by atoms with Crippen molar-refractivity contribution < 1.29 is 14.3 Å². The molecule has 2 aromatic carbocycles. The molecule has 7 heteroatoms. The monoisotopic (exact) mass is 430 g/mol. The molecule has 0 aliphatic rings. The van der Waals surface area contributed by atoms with Gasteiger partial charge in [-0.25, -0.2) is 4.39 Å². The van der Waals surface area contributed by atoms with Crippen LogP contribution in [0.3, 0.4) is 0 Å². The third-order valence-electron chi connectivity index (χ3n) is 5.17. The largest absolute Gasteiger partial charge is 0.396 e. The van der Waals surface area contributed by atoms with Gasteiger partial charge in [0.2, 0.25) is 0 Å². The second-order valence-electron chi connectivity index (χ2n) is 7.43. The van der Waals surface area contributed by atoms with E-state index in [1.807, 2.05) is 36.4 Å². The summed E-state index contributed by atoms with van der Waals surface area (Å²) in [5.41, 5.74) is 4.14. The van der Waals surface area contributed by atoms with E-state index in [-0.39, 0.29) is 24.4 Å². The van der Waals surface area contributed by atoms with Gasteiger partial charge in [0.15, 0.2) is 0 Å². The van der Waals surface area contributed by atoms with Crippen LogP contribution in [0, 0.1) is 5.82 Å². The fourth-order valence-corrected chi connectivity index (χ4v) is 3.56. The quantitative estimate of drug-likeness (QED) is 0.394. The first-order valence-electron chi connectivity index (χ1n) is 10.4. The molecule has 4 aromatic rings. The maximum absolute atomic E-state index is 13.2. The third kappa shape index (κ3) is 5.07. The second kappa shape index (κ2) is 9.98. The predicted octanol–water partition coefficient (Wildman–Crippen LogP) is 4.00. The van der Waals surface area contributed by atoms with Crippen molar-refractivity contribution in [3.8, 4) is 22.5 Å². The van der Waals surface area contributed by atoms with E-state index in [9.17, 15) is 14.3 Å². The first-order chi connectivity index (χ1) is 15.6. The number of carbonyl (C=O) groups excluding carboxylic acids is 1. The Kier molecular flexibility index (Phi) is 6.67. The van der Waals surface area contributed by atoms with Gasteiger partial charge in [-0.15, -0.1) is 0 Å². The Bertz CT molecular complexity index is 1180. The van der Waals surface area contributed by atoms with E-state index in [1.54, 1.807) is 30.5 Å². The third-order valence-corrected chi connectivity index (χ3v) is 5.17. The summed E-state index contributed by atoms with van der Waals surface area (Å²) in [6, 6.07) is 20.5. The first-order valence-corrected chi connectivity index (χ1v) is 10.4. The molecule has 2 heterocycles. The number of halogens is 1. The molecular weight excluding hydrogens is 407 g/mol. The van der Waals surface area contributed by atoms with E-state index in [0.29, 0.717) is 35.4 Å². The molecule has 0 saturated carbocycles. The highest BCUT2D eigenvalue weighted by Gasteiger charge is 2.19. The number of benzene rings is 2. The Morgan fingerprint density at radius 2 is 1.84 bits per heavy atom. The van der Waals surface area contributed by atoms with E-state index >= 15 is 0 Å². The van der Waals surface area contributed by atoms with Crippen LogP contribution in [0.15, 0.2) is 79.0 Å². The lowest BCUT2D eigenvalue weighted by Gasteiger charge is -2.18. The van der Waals surface area contributed by atoms with E-state index in [2.05, 4.69) is 20.5 Å². The molecule has 1 amide bonds. The number of hydrogen-bond donors (Lipinski definition) is 3. The molecule has 1 unspecified atom stereocenters. The zero-order valence-electron chi connectivity index (χ0n) is 17.3. The molecule has 0 aliphatic carbocycles. The smallest absolute Gasteiger partial charge is 0.252 e. The molecule has 0 fully saturated rings. The minimum Gasteiger partial charge on any atom is -0.396 e. The van der Waals surface area contributed by atoms with E-state index in [1.165, 1.54) is 12.1 Å². The highest BCUT2D eigenvalue weighted by Crippen LogP contribution is 2.26. The SMILES string of the molecule is O=C(NC(CCO)Cc1ccccn1)c1ccccc1-c1cc(-c2ccc(F)cc2)n[nH]1. The molecule has 2 aromatic heterocycles. The van der Waals surface area contributed by atoms with Crippen LogP contribution in [-0.2, 0) is 6.42 Å². The fourth-order valence-electron chi connectivity index (χ4n) is 3.56. The molecular formula is C25H23FN4O2. The number of pyridine rings is 1. The van der Waals surface area contributed by atoms with Gasteiger partial charge in [-0.1, -0.05) is 24.3 Å². The molecule has 3 N–H and O–H groups in total. The number of H-pyrrole nitrogens is 1. The van der Waals surface area contributed by atoms with Crippen LogP contribution in [0.4, 0.5) is 4.39 Å². The number of aliphatic hydroxyl groups is 1. The van der Waals surface area contributed by atoms with Crippen molar-refractivity contribution in [2.45, 2.75) is 18.9 Å². The van der Waals surface area contributed by atoms with Gasteiger partial charge in [0.05, 0.1) is 11.4 Å². The van der Waals surface area contributed by atoms with Crippen LogP contribution >= 0.6 is 0 Å². The lowest BCUT2D eigenvalue weighted by atomic mass is 10.0. The summed E-state index contributed by atoms with van der Waals surface area (Å²) in [5.74, 6) is -0.553. The average molecular weight is 430 g/mol. The lowest BCUT2D eigenvalue weighted by Crippen LogP contribution is -2.37. The standard InChI is InChI=1S/C25H23FN4O2/c26-18-10-8-17(9-11-18)23-16-24(30-29-23)21-6-1-2-7-22(21)25(32)28-20(12-14-31)15-19-5-3-4-13-27-19/h1-11,13,16,20,31H,12,14-15H2,(H,28,32)(H,29,30). The minimum absolute atomic E-state index is 0.0407. The van der Waals surface area contributed by atoms with E-state index in [4.69, 9.17) is 0 Å². The first kappa shape index (κ1) is 21.4. The summed E-state index contributed by atoms with van der Waals surface area (Å²) in [4.78, 5) is 17.5. The van der Waals surface area contributed by atoms with Gasteiger partial charge in [0.1, 0.15) is 5.82 Å². The van der Waals surface area contributed by atoms with Gasteiger partial charge in [-0.05, 0) is 55.0 Å². The zero-order valence-corrected chi connectivity index (χ0v) is 17.3. The summed E-state index contributed by atoms with van der Waals surface area (Å²) in [6.45, 7) is -0.0407. The van der Waals surface area contributed by atoms with Crippen molar-refractivity contribution in [1.82, 2.24) is 20.5 Å². The maximum Gasteiger partial charge on any atom is 0.252 e. The normalized spacial score (nSPS) is 11.8. The van der Waals surface area contributed by atoms with Crippen molar-refractivity contribution >= 4 is 5.91 Å². The summed E-state index contributed by atoms with van der Waals surface area (Å²) in [7, 11) is 0. The number of aromatic amines is 1. The highest BCUT2D eigenvalue weighted by molar-refractivity contribution is 6.00. The van der Waals surface area contributed by atoms with Crippen molar-refractivity contribution in [2.24, 2.45) is 0 Å². The Balaban J connectivity index is 1.56. The van der Waals surface area contributed by atoms with E-state index in [0.717, 1.165) is 11.3 Å². The van der Waals surface area contributed by atoms with Gasteiger partial charge in [-0.2, -0.15) is 5.10 Å². The molecule has 4 rings (SSSR count). The van der Waals surface area contributed by atoms with Gasteiger partial charge in [-0.3, -0.25) is 14.9 Å². The average Bonchev–Trinajstić information content (AvgIpc) is 3.30. The Morgan fingerprint density at radius 1 is 1.06 bits per heavy atom. The molecule has 0 aliphatic heterocycles. The molecule has 0 bridgehead atoms. The van der Waals surface area contributed by atoms with Gasteiger partial charge >= 0.3 is 0 Å². The molecule has 0 saturated heterocycles. The lowest BCUT2D eigenvalue weighted by molar-refractivity contribution is 0.0930.